The molecule has 0 amide bonds. The van der Waals surface area contributed by atoms with E-state index in [1.165, 1.54) is 13.2 Å². The van der Waals surface area contributed by atoms with E-state index in [9.17, 15) is 4.79 Å². The third kappa shape index (κ3) is 4.89. The monoisotopic (exact) mass is 404 g/mol. The molecule has 0 aliphatic carbocycles. The smallest absolute Gasteiger partial charge is 0.330 e. The summed E-state index contributed by atoms with van der Waals surface area (Å²) >= 11 is 6.20. The molecule has 1 aliphatic rings. The lowest BCUT2D eigenvalue weighted by Crippen LogP contribution is -2.34. The van der Waals surface area contributed by atoms with E-state index in [0.717, 1.165) is 0 Å². The fraction of sp³-hybridized carbons (Fsp3) is 0.286. The highest BCUT2D eigenvalue weighted by molar-refractivity contribution is 6.32. The van der Waals surface area contributed by atoms with Gasteiger partial charge in [0.15, 0.2) is 29.1 Å². The Balaban J connectivity index is 1.57. The van der Waals surface area contributed by atoms with Crippen LogP contribution in [0.2, 0.25) is 5.02 Å². The molecule has 0 radical (unpaired) electrons. The van der Waals surface area contributed by atoms with E-state index in [1.807, 2.05) is 31.2 Å². The summed E-state index contributed by atoms with van der Waals surface area (Å²) in [4.78, 5) is 12.0. The Kier molecular flexibility index (Phi) is 6.66. The number of carbonyl (C=O) groups excluding carboxylic acids is 1. The van der Waals surface area contributed by atoms with Gasteiger partial charge in [0, 0.05) is 6.08 Å². The van der Waals surface area contributed by atoms with Crippen molar-refractivity contribution < 1.29 is 28.5 Å². The Morgan fingerprint density at radius 2 is 2.07 bits per heavy atom. The third-order valence-electron chi connectivity index (χ3n) is 3.93. The molecule has 3 rings (SSSR count). The highest BCUT2D eigenvalue weighted by Crippen LogP contribution is 2.36. The van der Waals surface area contributed by atoms with Crippen LogP contribution in [0.25, 0.3) is 6.08 Å². The summed E-state index contributed by atoms with van der Waals surface area (Å²) in [6.45, 7) is 2.74. The van der Waals surface area contributed by atoms with Gasteiger partial charge >= 0.3 is 5.97 Å². The van der Waals surface area contributed by atoms with E-state index in [1.54, 1.807) is 18.2 Å². The van der Waals surface area contributed by atoms with Crippen LogP contribution in [0, 0.1) is 0 Å². The number of esters is 1. The zero-order chi connectivity index (χ0) is 19.9. The van der Waals surface area contributed by atoms with E-state index in [4.69, 9.17) is 35.3 Å². The van der Waals surface area contributed by atoms with E-state index < -0.39 is 5.97 Å². The lowest BCUT2D eigenvalue weighted by atomic mass is 10.2. The normalized spacial score (nSPS) is 15.3. The Hall–Kier alpha value is -2.86. The van der Waals surface area contributed by atoms with Crippen LogP contribution < -0.4 is 18.9 Å². The zero-order valence-electron chi connectivity index (χ0n) is 15.6. The van der Waals surface area contributed by atoms with Crippen LogP contribution in [-0.2, 0) is 9.53 Å². The molecule has 0 saturated carbocycles. The molecule has 0 spiro atoms. The molecule has 2 aromatic carbocycles. The number of ether oxygens (including phenoxy) is 5. The first-order valence-corrected chi connectivity index (χ1v) is 9.22. The molecule has 0 N–H and O–H groups in total. The number of benzene rings is 2. The second-order valence-corrected chi connectivity index (χ2v) is 6.34. The maximum absolute atomic E-state index is 12.0. The largest absolute Gasteiger partial charge is 0.491 e. The SMILES string of the molecule is CCOc1cc(/C=C/C(=O)OCC2COc3ccccc3O2)cc(Cl)c1OC. The topological polar surface area (TPSA) is 63.2 Å². The van der Waals surface area contributed by atoms with E-state index >= 15 is 0 Å². The predicted octanol–water partition coefficient (Wildman–Crippen LogP) is 4.14. The Bertz CT molecular complexity index is 864. The summed E-state index contributed by atoms with van der Waals surface area (Å²) in [6, 6.07) is 10.8. The molecule has 1 unspecified atom stereocenters. The van der Waals surface area contributed by atoms with Gasteiger partial charge in [0.05, 0.1) is 18.7 Å². The number of halogens is 1. The molecule has 28 heavy (non-hydrogen) atoms. The minimum atomic E-state index is -0.493. The lowest BCUT2D eigenvalue weighted by Gasteiger charge is -2.25. The summed E-state index contributed by atoms with van der Waals surface area (Å²) < 4.78 is 27.4. The summed E-state index contributed by atoms with van der Waals surface area (Å²) in [6.07, 6.45) is 2.57. The molecule has 0 saturated heterocycles. The summed E-state index contributed by atoms with van der Waals surface area (Å²) in [7, 11) is 1.52. The van der Waals surface area contributed by atoms with Gasteiger partial charge in [-0.3, -0.25) is 0 Å². The van der Waals surface area contributed by atoms with Gasteiger partial charge in [0.2, 0.25) is 0 Å². The Labute approximate surface area is 168 Å². The lowest BCUT2D eigenvalue weighted by molar-refractivity contribution is -0.140. The summed E-state index contributed by atoms with van der Waals surface area (Å²) in [5, 5.41) is 0.396. The molecule has 1 atom stereocenters. The number of fused-ring (bicyclic) bond motifs is 1. The highest BCUT2D eigenvalue weighted by Gasteiger charge is 2.21. The van der Waals surface area contributed by atoms with Crippen LogP contribution >= 0.6 is 11.6 Å². The highest BCUT2D eigenvalue weighted by atomic mass is 35.5. The van der Waals surface area contributed by atoms with Crippen molar-refractivity contribution in [2.45, 2.75) is 13.0 Å². The predicted molar refractivity (Wildman–Crippen MR) is 106 cm³/mol. The number of carbonyl (C=O) groups is 1. The van der Waals surface area contributed by atoms with Gasteiger partial charge in [-0.2, -0.15) is 0 Å². The van der Waals surface area contributed by atoms with Crippen molar-refractivity contribution in [3.63, 3.8) is 0 Å². The molecule has 1 heterocycles. The fourth-order valence-electron chi connectivity index (χ4n) is 2.68. The maximum Gasteiger partial charge on any atom is 0.330 e. The van der Waals surface area contributed by atoms with Gasteiger partial charge in [-0.1, -0.05) is 23.7 Å². The first-order valence-electron chi connectivity index (χ1n) is 8.84. The van der Waals surface area contributed by atoms with Crippen LogP contribution in [-0.4, -0.2) is 39.0 Å². The van der Waals surface area contributed by atoms with Gasteiger partial charge < -0.3 is 23.7 Å². The van der Waals surface area contributed by atoms with Gasteiger partial charge in [0.1, 0.15) is 13.2 Å². The average Bonchev–Trinajstić information content (AvgIpc) is 2.70. The number of rotatable bonds is 7. The standard InChI is InChI=1S/C21H21ClO6/c1-3-25-19-11-14(10-16(22)21(19)24-2)8-9-20(23)27-13-15-12-26-17-6-4-5-7-18(17)28-15/h4-11,15H,3,12-13H2,1-2H3/b9-8+. The van der Waals surface area contributed by atoms with Crippen LogP contribution in [0.5, 0.6) is 23.0 Å². The molecular weight excluding hydrogens is 384 g/mol. The molecule has 0 bridgehead atoms. The molecule has 1 aliphatic heterocycles. The molecule has 2 aromatic rings. The van der Waals surface area contributed by atoms with E-state index in [2.05, 4.69) is 0 Å². The minimum absolute atomic E-state index is 0.0884. The summed E-state index contributed by atoms with van der Waals surface area (Å²) in [5.74, 6) is 1.80. The molecule has 7 heteroatoms. The van der Waals surface area contributed by atoms with Gasteiger partial charge in [-0.25, -0.2) is 4.79 Å². The fourth-order valence-corrected chi connectivity index (χ4v) is 2.97. The zero-order valence-corrected chi connectivity index (χ0v) is 16.4. The second kappa shape index (κ2) is 9.37. The number of methoxy groups -OCH3 is 1. The maximum atomic E-state index is 12.0. The van der Waals surface area contributed by atoms with E-state index in [0.29, 0.717) is 46.8 Å². The molecule has 0 aromatic heterocycles. The van der Waals surface area contributed by atoms with Crippen molar-refractivity contribution in [3.8, 4) is 23.0 Å². The minimum Gasteiger partial charge on any atom is -0.491 e. The van der Waals surface area contributed by atoms with Gasteiger partial charge in [0.25, 0.3) is 0 Å². The molecule has 148 valence electrons. The Morgan fingerprint density at radius 3 is 2.82 bits per heavy atom. The third-order valence-corrected chi connectivity index (χ3v) is 4.21. The quantitative estimate of drug-likeness (QED) is 0.510. The Morgan fingerprint density at radius 1 is 1.29 bits per heavy atom. The average molecular weight is 405 g/mol. The summed E-state index contributed by atoms with van der Waals surface area (Å²) in [5.41, 5.74) is 0.692. The van der Waals surface area contributed by atoms with Crippen molar-refractivity contribution in [3.05, 3.63) is 53.1 Å². The number of para-hydroxylation sites is 2. The van der Waals surface area contributed by atoms with Crippen molar-refractivity contribution in [1.82, 2.24) is 0 Å². The number of hydrogen-bond donors (Lipinski definition) is 0. The van der Waals surface area contributed by atoms with E-state index in [-0.39, 0.29) is 12.7 Å². The van der Waals surface area contributed by atoms with Gasteiger partial charge in [-0.15, -0.1) is 0 Å². The van der Waals surface area contributed by atoms with Crippen LogP contribution in [0.1, 0.15) is 12.5 Å². The number of hydrogen-bond acceptors (Lipinski definition) is 6. The first-order chi connectivity index (χ1) is 13.6. The van der Waals surface area contributed by atoms with Crippen molar-refractivity contribution in [1.29, 1.82) is 0 Å². The van der Waals surface area contributed by atoms with Crippen LogP contribution in [0.3, 0.4) is 0 Å². The second-order valence-electron chi connectivity index (χ2n) is 5.93. The molecular formula is C21H21ClO6. The van der Waals surface area contributed by atoms with Crippen LogP contribution in [0.15, 0.2) is 42.5 Å². The van der Waals surface area contributed by atoms with Crippen molar-refractivity contribution in [2.24, 2.45) is 0 Å². The first kappa shape index (κ1) is 19.9. The molecule has 0 fully saturated rings. The van der Waals surface area contributed by atoms with Crippen molar-refractivity contribution >= 4 is 23.6 Å². The van der Waals surface area contributed by atoms with Gasteiger partial charge in [-0.05, 0) is 42.8 Å². The van der Waals surface area contributed by atoms with Crippen LogP contribution in [0.4, 0.5) is 0 Å². The van der Waals surface area contributed by atoms with Crippen molar-refractivity contribution in [2.75, 3.05) is 26.9 Å². The molecule has 6 nitrogen and oxygen atoms in total.